The normalized spacial score (nSPS) is 11.7. The quantitative estimate of drug-likeness (QED) is 0.152. The minimum absolute atomic E-state index is 0.531. The van der Waals surface area contributed by atoms with Crippen LogP contribution in [-0.4, -0.2) is 28.7 Å². The maximum Gasteiger partial charge on any atom is 0.238 e. The van der Waals surface area contributed by atoms with Crippen LogP contribution in [0.4, 0.5) is 0 Å². The molecule has 75 heavy (non-hydrogen) atoms. The second kappa shape index (κ2) is 17.3. The average molecular weight is 957 g/mol. The number of hydrogen-bond donors (Lipinski definition) is 0. The van der Waals surface area contributed by atoms with Crippen molar-refractivity contribution < 1.29 is 0 Å². The van der Waals surface area contributed by atoms with Gasteiger partial charge in [-0.3, -0.25) is 4.57 Å². The van der Waals surface area contributed by atoms with E-state index in [9.17, 15) is 0 Å². The molecule has 0 radical (unpaired) electrons. The van der Waals surface area contributed by atoms with Crippen molar-refractivity contribution in [2.75, 3.05) is 0 Å². The van der Waals surface area contributed by atoms with E-state index >= 15 is 0 Å². The maximum absolute atomic E-state index is 5.55. The fourth-order valence-electron chi connectivity index (χ4n) is 11.5. The van der Waals surface area contributed by atoms with E-state index in [4.69, 9.17) is 15.0 Å². The number of aromatic nitrogens is 6. The average Bonchev–Trinajstić information content (AvgIpc) is 4.13. The van der Waals surface area contributed by atoms with Crippen LogP contribution in [0, 0.1) is 0 Å². The van der Waals surface area contributed by atoms with Crippen molar-refractivity contribution in [2.24, 2.45) is 0 Å². The zero-order valence-corrected chi connectivity index (χ0v) is 40.6. The van der Waals surface area contributed by atoms with Gasteiger partial charge in [-0.15, -0.1) is 0 Å². The smallest absolute Gasteiger partial charge is 0.238 e. The molecule has 0 N–H and O–H groups in total. The van der Waals surface area contributed by atoms with Gasteiger partial charge in [0.25, 0.3) is 0 Å². The lowest BCUT2D eigenvalue weighted by atomic mass is 10.0. The van der Waals surface area contributed by atoms with Crippen molar-refractivity contribution in [1.29, 1.82) is 0 Å². The molecule has 0 saturated carbocycles. The molecule has 4 aromatic heterocycles. The topological polar surface area (TPSA) is 53.5 Å². The van der Waals surface area contributed by atoms with Crippen molar-refractivity contribution in [3.63, 3.8) is 0 Å². The summed E-state index contributed by atoms with van der Waals surface area (Å²) < 4.78 is 7.18. The van der Waals surface area contributed by atoms with E-state index in [2.05, 4.69) is 281 Å². The number of hydrogen-bond acceptors (Lipinski definition) is 3. The molecule has 0 spiro atoms. The number of rotatable bonds is 8. The molecule has 15 aromatic rings. The summed E-state index contributed by atoms with van der Waals surface area (Å²) in [5.41, 5.74) is 17.1. The van der Waals surface area contributed by atoms with Gasteiger partial charge in [-0.05, 0) is 82.4 Å². The van der Waals surface area contributed by atoms with Crippen molar-refractivity contribution in [3.8, 4) is 73.5 Å². The summed E-state index contributed by atoms with van der Waals surface area (Å²) in [6.07, 6.45) is 0. The fourth-order valence-corrected chi connectivity index (χ4v) is 11.5. The van der Waals surface area contributed by atoms with Gasteiger partial charge in [0, 0.05) is 54.7 Å². The lowest BCUT2D eigenvalue weighted by Crippen LogP contribution is -2.07. The van der Waals surface area contributed by atoms with E-state index in [-0.39, 0.29) is 0 Å². The van der Waals surface area contributed by atoms with Crippen LogP contribution in [0.2, 0.25) is 0 Å². The highest BCUT2D eigenvalue weighted by Gasteiger charge is 2.25. The van der Waals surface area contributed by atoms with E-state index in [1.165, 1.54) is 21.8 Å². The Morgan fingerprint density at radius 1 is 0.240 bits per heavy atom. The third kappa shape index (κ3) is 6.92. The molecule has 0 aliphatic rings. The van der Waals surface area contributed by atoms with Crippen LogP contribution in [-0.2, 0) is 0 Å². The van der Waals surface area contributed by atoms with Gasteiger partial charge in [-0.2, -0.15) is 9.97 Å². The molecule has 0 unspecified atom stereocenters. The largest absolute Gasteiger partial charge is 0.309 e. The van der Waals surface area contributed by atoms with Gasteiger partial charge in [0.2, 0.25) is 5.95 Å². The van der Waals surface area contributed by atoms with Crippen molar-refractivity contribution in [1.82, 2.24) is 28.7 Å². The summed E-state index contributed by atoms with van der Waals surface area (Å²) in [4.78, 5) is 16.5. The lowest BCUT2D eigenvalue weighted by Gasteiger charge is -2.16. The summed E-state index contributed by atoms with van der Waals surface area (Å²) in [6, 6.07) is 95.3. The first kappa shape index (κ1) is 42.5. The van der Waals surface area contributed by atoms with Crippen LogP contribution < -0.4 is 0 Å². The van der Waals surface area contributed by atoms with Crippen molar-refractivity contribution in [2.45, 2.75) is 0 Å². The second-order valence-corrected chi connectivity index (χ2v) is 19.2. The van der Waals surface area contributed by atoms with Crippen LogP contribution in [0.15, 0.2) is 267 Å². The molecule has 11 aromatic carbocycles. The maximum atomic E-state index is 5.55. The standard InChI is InChI=1S/C69H44N6/c1-4-20-45(21-5-1)48-26-18-28-50(42-48)67-70-68(51-29-19-27-49(43-51)46-22-6-2-7-23-46)72-69(71-67)75-63-37-17-13-33-56(63)57-39-40-58-59-44-52(73-61-35-15-11-31-54(61)55-32-12-16-36-62(55)73)38-41-64(59)74(65(58)66(57)75)60-34-14-10-30-53(60)47-24-8-3-9-25-47/h1-44H. The first-order valence-electron chi connectivity index (χ1n) is 25.4. The summed E-state index contributed by atoms with van der Waals surface area (Å²) in [6.45, 7) is 0. The molecule has 0 fully saturated rings. The Morgan fingerprint density at radius 2 is 0.667 bits per heavy atom. The highest BCUT2D eigenvalue weighted by atomic mass is 15.2. The van der Waals surface area contributed by atoms with Gasteiger partial charge in [0.05, 0.1) is 38.8 Å². The van der Waals surface area contributed by atoms with Gasteiger partial charge in [0.15, 0.2) is 11.6 Å². The van der Waals surface area contributed by atoms with Gasteiger partial charge >= 0.3 is 0 Å². The van der Waals surface area contributed by atoms with Crippen LogP contribution in [0.3, 0.4) is 0 Å². The zero-order valence-electron chi connectivity index (χ0n) is 40.6. The molecule has 15 rings (SSSR count). The molecular weight excluding hydrogens is 913 g/mol. The first-order valence-corrected chi connectivity index (χ1v) is 25.4. The van der Waals surface area contributed by atoms with Crippen molar-refractivity contribution in [3.05, 3.63) is 267 Å². The monoisotopic (exact) mass is 956 g/mol. The summed E-state index contributed by atoms with van der Waals surface area (Å²) in [5, 5.41) is 6.92. The van der Waals surface area contributed by atoms with Crippen LogP contribution >= 0.6 is 0 Å². The van der Waals surface area contributed by atoms with Crippen molar-refractivity contribution >= 4 is 65.4 Å². The van der Waals surface area contributed by atoms with Crippen LogP contribution in [0.5, 0.6) is 0 Å². The highest BCUT2D eigenvalue weighted by molar-refractivity contribution is 6.24. The van der Waals surface area contributed by atoms with Gasteiger partial charge in [-0.1, -0.05) is 212 Å². The minimum Gasteiger partial charge on any atom is -0.309 e. The molecule has 350 valence electrons. The molecule has 0 bridgehead atoms. The third-order valence-corrected chi connectivity index (χ3v) is 14.9. The van der Waals surface area contributed by atoms with Gasteiger partial charge < -0.3 is 9.13 Å². The van der Waals surface area contributed by atoms with E-state index in [0.717, 1.165) is 99.5 Å². The van der Waals surface area contributed by atoms with E-state index in [0.29, 0.717) is 17.6 Å². The first-order chi connectivity index (χ1) is 37.2. The molecule has 0 aliphatic carbocycles. The number of para-hydroxylation sites is 4. The summed E-state index contributed by atoms with van der Waals surface area (Å²) >= 11 is 0. The Morgan fingerprint density at radius 3 is 1.25 bits per heavy atom. The number of nitrogens with zero attached hydrogens (tertiary/aromatic N) is 6. The Kier molecular flexibility index (Phi) is 9.78. The molecule has 4 heterocycles. The van der Waals surface area contributed by atoms with Crippen LogP contribution in [0.1, 0.15) is 0 Å². The second-order valence-electron chi connectivity index (χ2n) is 19.2. The Bertz CT molecular complexity index is 4550. The highest BCUT2D eigenvalue weighted by Crippen LogP contribution is 2.44. The summed E-state index contributed by atoms with van der Waals surface area (Å²) in [5.74, 6) is 1.70. The van der Waals surface area contributed by atoms with E-state index < -0.39 is 0 Å². The number of benzene rings is 11. The zero-order chi connectivity index (χ0) is 49.4. The Labute approximate surface area is 432 Å². The number of fused-ring (bicyclic) bond motifs is 10. The van der Waals surface area contributed by atoms with Crippen LogP contribution in [0.25, 0.3) is 139 Å². The SMILES string of the molecule is c1ccc(-c2cccc(-c3nc(-c4cccc(-c5ccccc5)c4)nc(-n4c5ccccc5c5ccc6c7cc(-n8c9ccccc9c9ccccc98)ccc7n(-c7ccccc7-c7ccccc7)c6c54)n3)c2)cc1. The lowest BCUT2D eigenvalue weighted by molar-refractivity contribution is 0.953. The van der Waals surface area contributed by atoms with E-state index in [1.807, 2.05) is 0 Å². The molecule has 0 saturated heterocycles. The third-order valence-electron chi connectivity index (χ3n) is 14.9. The molecule has 0 aliphatic heterocycles. The molecule has 6 heteroatoms. The molecular formula is C69H44N6. The predicted molar refractivity (Wildman–Crippen MR) is 310 cm³/mol. The Balaban J connectivity index is 1.06. The van der Waals surface area contributed by atoms with E-state index in [1.54, 1.807) is 0 Å². The Hall–Kier alpha value is -10.2. The molecule has 0 atom stereocenters. The predicted octanol–water partition coefficient (Wildman–Crippen LogP) is 17.5. The summed E-state index contributed by atoms with van der Waals surface area (Å²) in [7, 11) is 0. The molecule has 0 amide bonds. The van der Waals surface area contributed by atoms with Gasteiger partial charge in [0.1, 0.15) is 0 Å². The van der Waals surface area contributed by atoms with Gasteiger partial charge in [-0.25, -0.2) is 4.98 Å². The minimum atomic E-state index is 0.531. The fraction of sp³-hybridized carbons (Fsp3) is 0. The molecule has 6 nitrogen and oxygen atoms in total.